The van der Waals surface area contributed by atoms with E-state index in [2.05, 4.69) is 5.16 Å². The lowest BCUT2D eigenvalue weighted by atomic mass is 10.2. The molecule has 0 radical (unpaired) electrons. The summed E-state index contributed by atoms with van der Waals surface area (Å²) >= 11 is 0. The number of amides is 1. The van der Waals surface area contributed by atoms with Gasteiger partial charge in [-0.2, -0.15) is 0 Å². The lowest BCUT2D eigenvalue weighted by molar-refractivity contribution is -0.135. The second-order valence-electron chi connectivity index (χ2n) is 5.35. The Balaban J connectivity index is 1.87. The van der Waals surface area contributed by atoms with E-state index < -0.39 is 0 Å². The standard InChI is InChI=1S/C19H22N2O4/c1-21(13-15-7-5-4-6-8-15)19(22)14-25-20-12-16-11-17(23-2)9-10-18(16)24-3/h4-12H,13-14H2,1-3H3/b20-12+. The number of carbonyl (C=O) groups excluding carboxylic acids is 1. The minimum atomic E-state index is -0.154. The van der Waals surface area contributed by atoms with E-state index >= 15 is 0 Å². The highest BCUT2D eigenvalue weighted by atomic mass is 16.6. The quantitative estimate of drug-likeness (QED) is 0.547. The van der Waals surface area contributed by atoms with Gasteiger partial charge >= 0.3 is 0 Å². The third-order valence-corrected chi connectivity index (χ3v) is 3.58. The number of carbonyl (C=O) groups is 1. The van der Waals surface area contributed by atoms with Gasteiger partial charge in [-0.15, -0.1) is 0 Å². The lowest BCUT2D eigenvalue weighted by Gasteiger charge is -2.16. The number of benzene rings is 2. The van der Waals surface area contributed by atoms with Gasteiger partial charge in [0.25, 0.3) is 5.91 Å². The maximum atomic E-state index is 12.1. The van der Waals surface area contributed by atoms with Crippen molar-refractivity contribution in [2.45, 2.75) is 6.54 Å². The SMILES string of the molecule is COc1ccc(OC)c(/C=N/OCC(=O)N(C)Cc2ccccc2)c1. The lowest BCUT2D eigenvalue weighted by Crippen LogP contribution is -2.29. The van der Waals surface area contributed by atoms with Crippen LogP contribution in [-0.2, 0) is 16.2 Å². The van der Waals surface area contributed by atoms with Crippen LogP contribution in [0, 0.1) is 0 Å². The first-order valence-electron chi connectivity index (χ1n) is 7.79. The molecule has 0 spiro atoms. The molecule has 1 amide bonds. The number of methoxy groups -OCH3 is 2. The molecule has 0 saturated heterocycles. The average molecular weight is 342 g/mol. The molecular formula is C19H22N2O4. The summed E-state index contributed by atoms with van der Waals surface area (Å²) in [5.74, 6) is 1.17. The predicted octanol–water partition coefficient (Wildman–Crippen LogP) is 2.71. The summed E-state index contributed by atoms with van der Waals surface area (Å²) in [7, 11) is 4.88. The monoisotopic (exact) mass is 342 g/mol. The van der Waals surface area contributed by atoms with Gasteiger partial charge in [-0.1, -0.05) is 35.5 Å². The minimum absolute atomic E-state index is 0.133. The highest BCUT2D eigenvalue weighted by Crippen LogP contribution is 2.22. The van der Waals surface area contributed by atoms with E-state index in [4.69, 9.17) is 14.3 Å². The first-order chi connectivity index (χ1) is 12.1. The molecule has 0 aliphatic heterocycles. The molecule has 6 nitrogen and oxygen atoms in total. The van der Waals surface area contributed by atoms with Crippen LogP contribution in [-0.4, -0.2) is 44.9 Å². The van der Waals surface area contributed by atoms with Crippen LogP contribution in [0.3, 0.4) is 0 Å². The second kappa shape index (κ2) is 9.32. The number of hydrogen-bond acceptors (Lipinski definition) is 5. The first-order valence-corrected chi connectivity index (χ1v) is 7.79. The van der Waals surface area contributed by atoms with Crippen LogP contribution in [0.4, 0.5) is 0 Å². The maximum absolute atomic E-state index is 12.1. The Morgan fingerprint density at radius 3 is 2.56 bits per heavy atom. The van der Waals surface area contributed by atoms with Crippen molar-refractivity contribution in [3.63, 3.8) is 0 Å². The summed E-state index contributed by atoms with van der Waals surface area (Å²) in [6, 6.07) is 15.1. The summed E-state index contributed by atoms with van der Waals surface area (Å²) in [4.78, 5) is 18.8. The molecule has 0 heterocycles. The molecule has 2 rings (SSSR count). The minimum Gasteiger partial charge on any atom is -0.497 e. The number of oxime groups is 1. The highest BCUT2D eigenvalue weighted by molar-refractivity contribution is 5.84. The normalized spacial score (nSPS) is 10.5. The Morgan fingerprint density at radius 1 is 1.12 bits per heavy atom. The Hall–Kier alpha value is -3.02. The highest BCUT2D eigenvalue weighted by Gasteiger charge is 2.09. The summed E-state index contributed by atoms with van der Waals surface area (Å²) in [5.41, 5.74) is 1.76. The van der Waals surface area contributed by atoms with Crippen molar-refractivity contribution in [1.82, 2.24) is 4.90 Å². The molecule has 2 aromatic rings. The smallest absolute Gasteiger partial charge is 0.263 e. The van der Waals surface area contributed by atoms with E-state index in [0.29, 0.717) is 23.6 Å². The van der Waals surface area contributed by atoms with Crippen LogP contribution in [0.2, 0.25) is 0 Å². The molecule has 0 bridgehead atoms. The van der Waals surface area contributed by atoms with Gasteiger partial charge in [0, 0.05) is 19.2 Å². The zero-order chi connectivity index (χ0) is 18.1. The molecule has 0 aliphatic rings. The molecule has 2 aromatic carbocycles. The topological polar surface area (TPSA) is 60.4 Å². The van der Waals surface area contributed by atoms with Gasteiger partial charge in [-0.3, -0.25) is 4.79 Å². The fourth-order valence-corrected chi connectivity index (χ4v) is 2.18. The van der Waals surface area contributed by atoms with Crippen LogP contribution < -0.4 is 9.47 Å². The van der Waals surface area contributed by atoms with E-state index in [1.54, 1.807) is 44.4 Å². The maximum Gasteiger partial charge on any atom is 0.263 e. The van der Waals surface area contributed by atoms with Crippen LogP contribution in [0.15, 0.2) is 53.7 Å². The first kappa shape index (κ1) is 18.3. The molecule has 0 unspecified atom stereocenters. The van der Waals surface area contributed by atoms with Gasteiger partial charge in [0.15, 0.2) is 6.61 Å². The third-order valence-electron chi connectivity index (χ3n) is 3.58. The van der Waals surface area contributed by atoms with Crippen molar-refractivity contribution in [1.29, 1.82) is 0 Å². The Kier molecular flexibility index (Phi) is 6.83. The molecule has 6 heteroatoms. The molecule has 0 aromatic heterocycles. The second-order valence-corrected chi connectivity index (χ2v) is 5.35. The Morgan fingerprint density at radius 2 is 1.88 bits per heavy atom. The van der Waals surface area contributed by atoms with Crippen molar-refractivity contribution >= 4 is 12.1 Å². The van der Waals surface area contributed by atoms with Gasteiger partial charge in [-0.05, 0) is 23.8 Å². The summed E-state index contributed by atoms with van der Waals surface area (Å²) < 4.78 is 10.4. The number of ether oxygens (including phenoxy) is 2. The zero-order valence-corrected chi connectivity index (χ0v) is 14.6. The van der Waals surface area contributed by atoms with Gasteiger partial charge in [-0.25, -0.2) is 0 Å². The van der Waals surface area contributed by atoms with Gasteiger partial charge in [0.1, 0.15) is 11.5 Å². The largest absolute Gasteiger partial charge is 0.497 e. The molecule has 25 heavy (non-hydrogen) atoms. The predicted molar refractivity (Wildman–Crippen MR) is 96.0 cm³/mol. The third kappa shape index (κ3) is 5.53. The number of hydrogen-bond donors (Lipinski definition) is 0. The van der Waals surface area contributed by atoms with Crippen molar-refractivity contribution in [2.24, 2.45) is 5.16 Å². The molecule has 0 atom stereocenters. The molecule has 132 valence electrons. The van der Waals surface area contributed by atoms with Crippen LogP contribution in [0.5, 0.6) is 11.5 Å². The average Bonchev–Trinajstić information content (AvgIpc) is 2.65. The van der Waals surface area contributed by atoms with E-state index in [-0.39, 0.29) is 12.5 Å². The molecule has 0 fully saturated rings. The number of rotatable bonds is 8. The number of likely N-dealkylation sites (N-methyl/N-ethyl adjacent to an activating group) is 1. The van der Waals surface area contributed by atoms with Gasteiger partial charge in [0.05, 0.1) is 20.4 Å². The van der Waals surface area contributed by atoms with Crippen molar-refractivity contribution < 1.29 is 19.1 Å². The van der Waals surface area contributed by atoms with Crippen LogP contribution in [0.1, 0.15) is 11.1 Å². The Bertz CT molecular complexity index is 717. The van der Waals surface area contributed by atoms with Crippen molar-refractivity contribution in [2.75, 3.05) is 27.9 Å². The van der Waals surface area contributed by atoms with Crippen LogP contribution in [0.25, 0.3) is 0 Å². The summed E-state index contributed by atoms with van der Waals surface area (Å²) in [6.45, 7) is 0.391. The summed E-state index contributed by atoms with van der Waals surface area (Å²) in [6.07, 6.45) is 1.49. The Labute approximate surface area is 147 Å². The molecule has 0 aliphatic carbocycles. The van der Waals surface area contributed by atoms with E-state index in [0.717, 1.165) is 5.56 Å². The number of nitrogens with zero attached hydrogens (tertiary/aromatic N) is 2. The van der Waals surface area contributed by atoms with Gasteiger partial charge < -0.3 is 19.2 Å². The van der Waals surface area contributed by atoms with Crippen LogP contribution >= 0.6 is 0 Å². The molecule has 0 saturated carbocycles. The van der Waals surface area contributed by atoms with E-state index in [1.165, 1.54) is 6.21 Å². The van der Waals surface area contributed by atoms with Crippen molar-refractivity contribution in [3.05, 3.63) is 59.7 Å². The fraction of sp³-hybridized carbons (Fsp3) is 0.263. The van der Waals surface area contributed by atoms with Crippen molar-refractivity contribution in [3.8, 4) is 11.5 Å². The fourth-order valence-electron chi connectivity index (χ4n) is 2.18. The summed E-state index contributed by atoms with van der Waals surface area (Å²) in [5, 5.41) is 3.85. The molecular weight excluding hydrogens is 320 g/mol. The van der Waals surface area contributed by atoms with Gasteiger partial charge in [0.2, 0.25) is 0 Å². The van der Waals surface area contributed by atoms with E-state index in [1.807, 2.05) is 30.3 Å². The molecule has 0 N–H and O–H groups in total. The van der Waals surface area contributed by atoms with E-state index in [9.17, 15) is 4.79 Å². The zero-order valence-electron chi connectivity index (χ0n) is 14.6.